The molecule has 1 aromatic rings. The van der Waals surface area contributed by atoms with Crippen LogP contribution in [-0.2, 0) is 0 Å². The van der Waals surface area contributed by atoms with Crippen molar-refractivity contribution >= 4 is 7.92 Å². The molecule has 1 aliphatic rings. The van der Waals surface area contributed by atoms with E-state index in [0.717, 1.165) is 5.56 Å². The van der Waals surface area contributed by atoms with E-state index in [9.17, 15) is 0 Å². The lowest BCUT2D eigenvalue weighted by Gasteiger charge is -2.29. The Labute approximate surface area is 99.5 Å². The number of benzene rings is 1. The molecule has 1 aromatic carbocycles. The van der Waals surface area contributed by atoms with E-state index in [4.69, 9.17) is 0 Å². The van der Waals surface area contributed by atoms with Gasteiger partial charge in [0.1, 0.15) is 0 Å². The predicted octanol–water partition coefficient (Wildman–Crippen LogP) is 4.57. The summed E-state index contributed by atoms with van der Waals surface area (Å²) in [5.41, 5.74) is 6.26. The molecule has 2 rings (SSSR count). The Morgan fingerprint density at radius 1 is 1.12 bits per heavy atom. The van der Waals surface area contributed by atoms with Gasteiger partial charge in [-0.05, 0) is 30.3 Å². The largest absolute Gasteiger partial charge is 0.0664 e. The highest BCUT2D eigenvalue weighted by molar-refractivity contribution is 7.69. The third-order valence-corrected chi connectivity index (χ3v) is 5.32. The van der Waals surface area contributed by atoms with Crippen LogP contribution >= 0.6 is 7.92 Å². The summed E-state index contributed by atoms with van der Waals surface area (Å²) in [5, 5.41) is 1.65. The van der Waals surface area contributed by atoms with Gasteiger partial charge in [-0.3, -0.25) is 0 Å². The molecule has 0 saturated heterocycles. The Morgan fingerprint density at radius 3 is 2.50 bits per heavy atom. The highest BCUT2D eigenvalue weighted by atomic mass is 31.1. The second-order valence-electron chi connectivity index (χ2n) is 3.95. The molecule has 0 nitrogen and oxygen atoms in total. The van der Waals surface area contributed by atoms with E-state index in [1.807, 2.05) is 18.2 Å². The second-order valence-corrected chi connectivity index (χ2v) is 5.88. The standard InChI is InChI=1S/C15H17P/c1-3-14-12-16(15(14)4-2)11-10-13-8-6-5-7-9-13/h5-9H,3-4,12H2,1-2H3. The summed E-state index contributed by atoms with van der Waals surface area (Å²) in [6, 6.07) is 10.3. The SMILES string of the molecule is CCC1=C(CC)P(C#Cc2ccccc2)C1. The predicted molar refractivity (Wildman–Crippen MR) is 72.7 cm³/mol. The smallest absolute Gasteiger partial charge is 0.0248 e. The lowest BCUT2D eigenvalue weighted by atomic mass is 10.2. The second kappa shape index (κ2) is 5.33. The van der Waals surface area contributed by atoms with Crippen LogP contribution < -0.4 is 0 Å². The van der Waals surface area contributed by atoms with Crippen LogP contribution in [0.15, 0.2) is 41.2 Å². The molecule has 0 aromatic heterocycles. The zero-order valence-electron chi connectivity index (χ0n) is 9.96. The van der Waals surface area contributed by atoms with Gasteiger partial charge in [-0.1, -0.05) is 49.2 Å². The monoisotopic (exact) mass is 228 g/mol. The molecule has 0 bridgehead atoms. The summed E-state index contributed by atoms with van der Waals surface area (Å²) in [5.74, 6) is 3.30. The van der Waals surface area contributed by atoms with Gasteiger partial charge in [0.2, 0.25) is 0 Å². The molecule has 0 radical (unpaired) electrons. The molecule has 16 heavy (non-hydrogen) atoms. The molecular formula is C15H17P. The molecule has 0 saturated carbocycles. The maximum Gasteiger partial charge on any atom is 0.0248 e. The maximum atomic E-state index is 3.46. The van der Waals surface area contributed by atoms with Gasteiger partial charge in [-0.25, -0.2) is 0 Å². The molecule has 1 aliphatic heterocycles. The molecule has 1 heterocycles. The third-order valence-electron chi connectivity index (χ3n) is 2.95. The van der Waals surface area contributed by atoms with Gasteiger partial charge in [0.25, 0.3) is 0 Å². The minimum Gasteiger partial charge on any atom is -0.0664 e. The van der Waals surface area contributed by atoms with E-state index in [-0.39, 0.29) is 7.92 Å². The molecule has 0 amide bonds. The fourth-order valence-corrected chi connectivity index (χ4v) is 4.19. The van der Waals surface area contributed by atoms with Crippen LogP contribution in [0.25, 0.3) is 0 Å². The van der Waals surface area contributed by atoms with E-state index in [2.05, 4.69) is 37.6 Å². The highest BCUT2D eigenvalue weighted by Crippen LogP contribution is 2.57. The van der Waals surface area contributed by atoms with Gasteiger partial charge in [0.15, 0.2) is 0 Å². The first-order valence-corrected chi connectivity index (χ1v) is 7.43. The summed E-state index contributed by atoms with van der Waals surface area (Å²) in [6.45, 7) is 4.51. The molecule has 0 aliphatic carbocycles. The molecule has 0 fully saturated rings. The van der Waals surface area contributed by atoms with E-state index in [1.54, 1.807) is 10.9 Å². The van der Waals surface area contributed by atoms with Gasteiger partial charge in [0.05, 0.1) is 0 Å². The van der Waals surface area contributed by atoms with Crippen LogP contribution in [-0.4, -0.2) is 6.16 Å². The zero-order valence-corrected chi connectivity index (χ0v) is 10.8. The summed E-state index contributed by atoms with van der Waals surface area (Å²) >= 11 is 0. The molecular weight excluding hydrogens is 211 g/mol. The summed E-state index contributed by atoms with van der Waals surface area (Å²) in [7, 11) is -0.112. The van der Waals surface area contributed by atoms with Gasteiger partial charge < -0.3 is 0 Å². The number of rotatable bonds is 2. The van der Waals surface area contributed by atoms with E-state index in [0.29, 0.717) is 0 Å². The number of hydrogen-bond acceptors (Lipinski definition) is 0. The highest BCUT2D eigenvalue weighted by Gasteiger charge is 2.24. The summed E-state index contributed by atoms with van der Waals surface area (Å²) in [6.07, 6.45) is 3.67. The summed E-state index contributed by atoms with van der Waals surface area (Å²) in [4.78, 5) is 0. The fraction of sp³-hybridized carbons (Fsp3) is 0.333. The molecule has 1 atom stereocenters. The van der Waals surface area contributed by atoms with Crippen molar-refractivity contribution in [2.24, 2.45) is 0 Å². The third kappa shape index (κ3) is 2.37. The average molecular weight is 228 g/mol. The average Bonchev–Trinajstić information content (AvgIpc) is 2.30. The first-order valence-electron chi connectivity index (χ1n) is 5.90. The molecule has 82 valence electrons. The van der Waals surface area contributed by atoms with Crippen LogP contribution in [0.1, 0.15) is 32.3 Å². The lowest BCUT2D eigenvalue weighted by molar-refractivity contribution is 1.02. The van der Waals surface area contributed by atoms with Crippen LogP contribution in [0.2, 0.25) is 0 Å². The Bertz CT molecular complexity index is 445. The Morgan fingerprint density at radius 2 is 1.88 bits per heavy atom. The van der Waals surface area contributed by atoms with Crippen molar-refractivity contribution in [2.45, 2.75) is 26.7 Å². The van der Waals surface area contributed by atoms with Crippen LogP contribution in [0.5, 0.6) is 0 Å². The van der Waals surface area contributed by atoms with Crippen LogP contribution in [0.3, 0.4) is 0 Å². The number of allylic oxidation sites excluding steroid dienone is 2. The molecule has 0 spiro atoms. The first kappa shape index (κ1) is 11.4. The van der Waals surface area contributed by atoms with Crippen molar-refractivity contribution in [3.05, 3.63) is 46.8 Å². The first-order chi connectivity index (χ1) is 7.85. The Kier molecular flexibility index (Phi) is 3.81. The van der Waals surface area contributed by atoms with Crippen LogP contribution in [0, 0.1) is 11.6 Å². The normalized spacial score (nSPS) is 18.8. The van der Waals surface area contributed by atoms with Crippen molar-refractivity contribution in [2.75, 3.05) is 6.16 Å². The van der Waals surface area contributed by atoms with Gasteiger partial charge in [0, 0.05) is 19.6 Å². The quantitative estimate of drug-likeness (QED) is 0.514. The van der Waals surface area contributed by atoms with E-state index < -0.39 is 0 Å². The zero-order chi connectivity index (χ0) is 11.4. The van der Waals surface area contributed by atoms with Gasteiger partial charge >= 0.3 is 0 Å². The van der Waals surface area contributed by atoms with Crippen molar-refractivity contribution in [1.82, 2.24) is 0 Å². The fourth-order valence-electron chi connectivity index (χ4n) is 1.99. The minimum atomic E-state index is -0.112. The molecule has 1 heteroatoms. The van der Waals surface area contributed by atoms with Crippen molar-refractivity contribution in [1.29, 1.82) is 0 Å². The van der Waals surface area contributed by atoms with Crippen molar-refractivity contribution in [3.63, 3.8) is 0 Å². The Balaban J connectivity index is 2.09. The maximum absolute atomic E-state index is 3.46. The molecule has 0 N–H and O–H groups in total. The van der Waals surface area contributed by atoms with Crippen molar-refractivity contribution in [3.8, 4) is 11.6 Å². The Hall–Kier alpha value is -1.05. The van der Waals surface area contributed by atoms with Crippen LogP contribution in [0.4, 0.5) is 0 Å². The van der Waals surface area contributed by atoms with Gasteiger partial charge in [-0.2, -0.15) is 0 Å². The number of hydrogen-bond donors (Lipinski definition) is 0. The topological polar surface area (TPSA) is 0 Å². The van der Waals surface area contributed by atoms with E-state index >= 15 is 0 Å². The van der Waals surface area contributed by atoms with Gasteiger partial charge in [-0.15, -0.1) is 0 Å². The summed E-state index contributed by atoms with van der Waals surface area (Å²) < 4.78 is 0. The van der Waals surface area contributed by atoms with Crippen molar-refractivity contribution < 1.29 is 0 Å². The lowest BCUT2D eigenvalue weighted by Crippen LogP contribution is -2.05. The minimum absolute atomic E-state index is 0.112. The molecule has 1 unspecified atom stereocenters. The van der Waals surface area contributed by atoms with E-state index in [1.165, 1.54) is 19.0 Å².